The minimum atomic E-state index is -0.621. The molecule has 2 heterocycles. The van der Waals surface area contributed by atoms with Gasteiger partial charge in [-0.3, -0.25) is 4.68 Å². The molecule has 1 saturated heterocycles. The topological polar surface area (TPSA) is 41.3 Å². The highest BCUT2D eigenvalue weighted by atomic mass is 35.5. The summed E-state index contributed by atoms with van der Waals surface area (Å²) in [6.45, 7) is 3.82. The Balaban J connectivity index is 2.15. The Morgan fingerprint density at radius 3 is 2.41 bits per heavy atom. The third-order valence-electron chi connectivity index (χ3n) is 3.69. The molecular weight excluding hydrogens is 238 g/mol. The summed E-state index contributed by atoms with van der Waals surface area (Å²) in [6, 6.07) is 0. The molecule has 1 aromatic heterocycles. The fraction of sp³-hybridized carbons (Fsp3) is 0.750. The lowest BCUT2D eigenvalue weighted by Crippen LogP contribution is -2.44. The summed E-state index contributed by atoms with van der Waals surface area (Å²) in [4.78, 5) is 2.24. The lowest BCUT2D eigenvalue weighted by molar-refractivity contribution is -0.0151. The van der Waals surface area contributed by atoms with Crippen LogP contribution in [0.15, 0.2) is 0 Å². The predicted octanol–water partition coefficient (Wildman–Crippen LogP) is 1.38. The van der Waals surface area contributed by atoms with Gasteiger partial charge in [-0.2, -0.15) is 5.10 Å². The molecule has 1 fully saturated rings. The molecule has 1 aromatic rings. The van der Waals surface area contributed by atoms with Crippen molar-refractivity contribution in [2.45, 2.75) is 31.8 Å². The minimum Gasteiger partial charge on any atom is -0.389 e. The molecule has 0 bridgehead atoms. The Morgan fingerprint density at radius 1 is 1.35 bits per heavy atom. The van der Waals surface area contributed by atoms with Crippen molar-refractivity contribution in [3.05, 3.63) is 16.4 Å². The SMILES string of the molecule is Cc1nn(C)c(Cl)c1CC1(O)CCN(C)CC1. The molecular formula is C12H20ClN3O. The van der Waals surface area contributed by atoms with E-state index in [1.807, 2.05) is 14.0 Å². The first-order chi connectivity index (χ1) is 7.91. The zero-order valence-corrected chi connectivity index (χ0v) is 11.5. The Labute approximate surface area is 107 Å². The van der Waals surface area contributed by atoms with E-state index in [0.717, 1.165) is 37.2 Å². The first-order valence-electron chi connectivity index (χ1n) is 6.00. The van der Waals surface area contributed by atoms with Crippen LogP contribution < -0.4 is 0 Å². The van der Waals surface area contributed by atoms with Gasteiger partial charge in [-0.05, 0) is 26.8 Å². The Hall–Kier alpha value is -0.580. The van der Waals surface area contributed by atoms with Crippen LogP contribution in [0.2, 0.25) is 5.15 Å². The Kier molecular flexibility index (Phi) is 3.48. The Morgan fingerprint density at radius 2 is 1.94 bits per heavy atom. The van der Waals surface area contributed by atoms with Crippen LogP contribution in [0, 0.1) is 6.92 Å². The van der Waals surface area contributed by atoms with Gasteiger partial charge in [0.05, 0.1) is 11.3 Å². The van der Waals surface area contributed by atoms with E-state index < -0.39 is 5.60 Å². The molecule has 5 heteroatoms. The number of hydrogen-bond donors (Lipinski definition) is 1. The molecule has 0 spiro atoms. The molecule has 4 nitrogen and oxygen atoms in total. The second-order valence-electron chi connectivity index (χ2n) is 5.18. The summed E-state index contributed by atoms with van der Waals surface area (Å²) in [5.41, 5.74) is 1.29. The van der Waals surface area contributed by atoms with Crippen LogP contribution in [0.4, 0.5) is 0 Å². The molecule has 0 aliphatic carbocycles. The van der Waals surface area contributed by atoms with Crippen LogP contribution in [0.25, 0.3) is 0 Å². The highest BCUT2D eigenvalue weighted by Gasteiger charge is 2.33. The molecule has 0 aromatic carbocycles. The number of aromatic nitrogens is 2. The van der Waals surface area contributed by atoms with E-state index in [-0.39, 0.29) is 0 Å². The second kappa shape index (κ2) is 4.59. The average Bonchev–Trinajstić information content (AvgIpc) is 2.50. The van der Waals surface area contributed by atoms with Crippen LogP contribution in [0.3, 0.4) is 0 Å². The normalized spacial score (nSPS) is 20.8. The predicted molar refractivity (Wildman–Crippen MR) is 68.3 cm³/mol. The van der Waals surface area contributed by atoms with Crippen LogP contribution in [-0.2, 0) is 13.5 Å². The summed E-state index contributed by atoms with van der Waals surface area (Å²) in [7, 11) is 3.92. The Bertz CT molecular complexity index is 408. The maximum atomic E-state index is 10.6. The summed E-state index contributed by atoms with van der Waals surface area (Å²) in [5.74, 6) is 0. The first-order valence-corrected chi connectivity index (χ1v) is 6.38. The largest absolute Gasteiger partial charge is 0.389 e. The van der Waals surface area contributed by atoms with Crippen molar-refractivity contribution in [3.63, 3.8) is 0 Å². The van der Waals surface area contributed by atoms with E-state index >= 15 is 0 Å². The van der Waals surface area contributed by atoms with Gasteiger partial charge in [-0.1, -0.05) is 11.6 Å². The molecule has 17 heavy (non-hydrogen) atoms. The van der Waals surface area contributed by atoms with Gasteiger partial charge in [0.15, 0.2) is 0 Å². The van der Waals surface area contributed by atoms with Crippen molar-refractivity contribution >= 4 is 11.6 Å². The minimum absolute atomic E-state index is 0.610. The first kappa shape index (κ1) is 12.9. The molecule has 1 aliphatic heterocycles. The van der Waals surface area contributed by atoms with E-state index in [9.17, 15) is 5.11 Å². The molecule has 0 radical (unpaired) electrons. The lowest BCUT2D eigenvalue weighted by Gasteiger charge is -2.36. The number of aryl methyl sites for hydroxylation is 2. The van der Waals surface area contributed by atoms with Crippen LogP contribution in [0.1, 0.15) is 24.1 Å². The summed E-state index contributed by atoms with van der Waals surface area (Å²) in [6.07, 6.45) is 2.21. The van der Waals surface area contributed by atoms with Gasteiger partial charge in [0, 0.05) is 32.1 Å². The number of nitrogens with zero attached hydrogens (tertiary/aromatic N) is 3. The van der Waals surface area contributed by atoms with Crippen molar-refractivity contribution < 1.29 is 5.11 Å². The zero-order chi connectivity index (χ0) is 12.6. The lowest BCUT2D eigenvalue weighted by atomic mass is 9.85. The second-order valence-corrected chi connectivity index (χ2v) is 5.54. The number of rotatable bonds is 2. The number of likely N-dealkylation sites (tertiary alicyclic amines) is 1. The zero-order valence-electron chi connectivity index (χ0n) is 10.7. The fourth-order valence-electron chi connectivity index (χ4n) is 2.42. The van der Waals surface area contributed by atoms with Gasteiger partial charge in [-0.15, -0.1) is 0 Å². The van der Waals surface area contributed by atoms with Crippen LogP contribution in [0.5, 0.6) is 0 Å². The molecule has 1 N–H and O–H groups in total. The summed E-state index contributed by atoms with van der Waals surface area (Å²) >= 11 is 6.20. The van der Waals surface area contributed by atoms with Gasteiger partial charge < -0.3 is 10.0 Å². The summed E-state index contributed by atoms with van der Waals surface area (Å²) < 4.78 is 1.67. The highest BCUT2D eigenvalue weighted by molar-refractivity contribution is 6.30. The van der Waals surface area contributed by atoms with Crippen LogP contribution >= 0.6 is 11.6 Å². The van der Waals surface area contributed by atoms with Gasteiger partial charge in [0.1, 0.15) is 5.15 Å². The van der Waals surface area contributed by atoms with Gasteiger partial charge in [0.2, 0.25) is 0 Å². The molecule has 0 amide bonds. The maximum absolute atomic E-state index is 10.6. The molecule has 0 unspecified atom stereocenters. The smallest absolute Gasteiger partial charge is 0.130 e. The van der Waals surface area contributed by atoms with Crippen molar-refractivity contribution in [1.82, 2.24) is 14.7 Å². The summed E-state index contributed by atoms with van der Waals surface area (Å²) in [5, 5.41) is 15.5. The third-order valence-corrected chi connectivity index (χ3v) is 4.17. The van der Waals surface area contributed by atoms with Gasteiger partial charge in [-0.25, -0.2) is 0 Å². The number of halogens is 1. The standard InChI is InChI=1S/C12H20ClN3O/c1-9-10(11(13)16(3)14-9)8-12(17)4-6-15(2)7-5-12/h17H,4-8H2,1-3H3. The molecule has 1 aliphatic rings. The van der Waals surface area contributed by atoms with Crippen LogP contribution in [-0.4, -0.2) is 45.5 Å². The van der Waals surface area contributed by atoms with Crippen molar-refractivity contribution in [2.75, 3.05) is 20.1 Å². The maximum Gasteiger partial charge on any atom is 0.130 e. The number of hydrogen-bond acceptors (Lipinski definition) is 3. The average molecular weight is 258 g/mol. The van der Waals surface area contributed by atoms with E-state index in [2.05, 4.69) is 17.0 Å². The highest BCUT2D eigenvalue weighted by Crippen LogP contribution is 2.30. The monoisotopic (exact) mass is 257 g/mol. The molecule has 0 saturated carbocycles. The van der Waals surface area contributed by atoms with E-state index in [0.29, 0.717) is 11.6 Å². The molecule has 0 atom stereocenters. The van der Waals surface area contributed by atoms with E-state index in [1.54, 1.807) is 4.68 Å². The number of aliphatic hydroxyl groups is 1. The van der Waals surface area contributed by atoms with Crippen molar-refractivity contribution in [3.8, 4) is 0 Å². The molecule has 2 rings (SSSR count). The van der Waals surface area contributed by atoms with Gasteiger partial charge >= 0.3 is 0 Å². The van der Waals surface area contributed by atoms with Gasteiger partial charge in [0.25, 0.3) is 0 Å². The van der Waals surface area contributed by atoms with Crippen molar-refractivity contribution in [1.29, 1.82) is 0 Å². The quantitative estimate of drug-likeness (QED) is 0.870. The number of piperidine rings is 1. The third kappa shape index (κ3) is 2.64. The molecule has 96 valence electrons. The van der Waals surface area contributed by atoms with E-state index in [4.69, 9.17) is 11.6 Å². The van der Waals surface area contributed by atoms with Crippen molar-refractivity contribution in [2.24, 2.45) is 7.05 Å². The fourth-order valence-corrected chi connectivity index (χ4v) is 2.66. The van der Waals surface area contributed by atoms with E-state index in [1.165, 1.54) is 0 Å².